The molecule has 1 amide bonds. The zero-order valence-corrected chi connectivity index (χ0v) is 12.1. The smallest absolute Gasteiger partial charge is 0.244 e. The van der Waals surface area contributed by atoms with Gasteiger partial charge in [0.15, 0.2) is 0 Å². The van der Waals surface area contributed by atoms with Crippen molar-refractivity contribution in [1.29, 1.82) is 0 Å². The van der Waals surface area contributed by atoms with Gasteiger partial charge in [0, 0.05) is 13.1 Å². The van der Waals surface area contributed by atoms with E-state index in [4.69, 9.17) is 0 Å². The number of benzene rings is 1. The van der Waals surface area contributed by atoms with Crippen molar-refractivity contribution in [2.75, 3.05) is 13.1 Å². The van der Waals surface area contributed by atoms with Crippen LogP contribution in [0.15, 0.2) is 23.1 Å². The maximum absolute atomic E-state index is 12.7. The first-order valence-electron chi connectivity index (χ1n) is 6.21. The van der Waals surface area contributed by atoms with Gasteiger partial charge in [-0.15, -0.1) is 0 Å². The number of carbonyl (C=O) groups is 1. The Morgan fingerprint density at radius 2 is 2.00 bits per heavy atom. The summed E-state index contributed by atoms with van der Waals surface area (Å²) in [5.74, 6) is -0.250. The zero-order valence-electron chi connectivity index (χ0n) is 11.3. The first-order chi connectivity index (χ1) is 8.84. The molecule has 19 heavy (non-hydrogen) atoms. The average molecular weight is 282 g/mol. The average Bonchev–Trinajstić information content (AvgIpc) is 2.35. The Morgan fingerprint density at radius 3 is 2.68 bits per heavy atom. The number of aryl methyl sites for hydroxylation is 2. The number of amides is 1. The van der Waals surface area contributed by atoms with Crippen LogP contribution in [0.4, 0.5) is 0 Å². The lowest BCUT2D eigenvalue weighted by Gasteiger charge is -2.32. The minimum Gasteiger partial charge on any atom is -0.353 e. The molecule has 1 fully saturated rings. The van der Waals surface area contributed by atoms with E-state index >= 15 is 0 Å². The highest BCUT2D eigenvalue weighted by Crippen LogP contribution is 2.23. The van der Waals surface area contributed by atoms with E-state index in [0.29, 0.717) is 18.7 Å². The molecule has 5 nitrogen and oxygen atoms in total. The van der Waals surface area contributed by atoms with Gasteiger partial charge >= 0.3 is 0 Å². The van der Waals surface area contributed by atoms with Gasteiger partial charge in [0.25, 0.3) is 0 Å². The van der Waals surface area contributed by atoms with Gasteiger partial charge in [-0.3, -0.25) is 4.79 Å². The maximum Gasteiger partial charge on any atom is 0.244 e. The summed E-state index contributed by atoms with van der Waals surface area (Å²) in [4.78, 5) is 11.9. The zero-order chi connectivity index (χ0) is 14.2. The predicted molar refractivity (Wildman–Crippen MR) is 72.3 cm³/mol. The molecule has 2 rings (SSSR count). The van der Waals surface area contributed by atoms with Gasteiger partial charge in [-0.1, -0.05) is 12.1 Å². The largest absolute Gasteiger partial charge is 0.353 e. The Kier molecular flexibility index (Phi) is 3.64. The van der Waals surface area contributed by atoms with Crippen LogP contribution in [0.1, 0.15) is 18.1 Å². The molecule has 1 aliphatic rings. The van der Waals surface area contributed by atoms with Crippen molar-refractivity contribution >= 4 is 15.9 Å². The molecule has 6 heteroatoms. The molecule has 104 valence electrons. The van der Waals surface area contributed by atoms with Crippen LogP contribution in [-0.2, 0) is 14.8 Å². The van der Waals surface area contributed by atoms with Gasteiger partial charge in [0.2, 0.25) is 15.9 Å². The monoisotopic (exact) mass is 282 g/mol. The number of hydrogen-bond acceptors (Lipinski definition) is 3. The second kappa shape index (κ2) is 4.94. The summed E-state index contributed by atoms with van der Waals surface area (Å²) in [6, 6.07) is 4.65. The van der Waals surface area contributed by atoms with Crippen LogP contribution >= 0.6 is 0 Å². The van der Waals surface area contributed by atoms with Crippen LogP contribution in [0.2, 0.25) is 0 Å². The summed E-state index contributed by atoms with van der Waals surface area (Å²) in [5.41, 5.74) is 1.59. The number of rotatable bonds is 2. The highest BCUT2D eigenvalue weighted by atomic mass is 32.2. The normalized spacial score (nSPS) is 21.2. The van der Waals surface area contributed by atoms with Gasteiger partial charge in [-0.05, 0) is 38.0 Å². The Hall–Kier alpha value is -1.40. The van der Waals surface area contributed by atoms with Gasteiger partial charge in [0.1, 0.15) is 6.04 Å². The molecule has 1 saturated heterocycles. The molecule has 1 unspecified atom stereocenters. The number of sulfonamides is 1. The van der Waals surface area contributed by atoms with Crippen molar-refractivity contribution < 1.29 is 13.2 Å². The Bertz CT molecular complexity index is 610. The summed E-state index contributed by atoms with van der Waals surface area (Å²) in [6.45, 7) is 5.89. The second-order valence-electron chi connectivity index (χ2n) is 4.85. The minimum absolute atomic E-state index is 0.250. The molecule has 1 aromatic rings. The summed E-state index contributed by atoms with van der Waals surface area (Å²) < 4.78 is 26.6. The molecule has 1 aliphatic heterocycles. The van der Waals surface area contributed by atoms with Gasteiger partial charge < -0.3 is 5.32 Å². The van der Waals surface area contributed by atoms with Gasteiger partial charge in [0.05, 0.1) is 4.90 Å². The number of nitrogens with zero attached hydrogens (tertiary/aromatic N) is 1. The molecule has 0 aromatic heterocycles. The first-order valence-corrected chi connectivity index (χ1v) is 7.65. The number of carbonyl (C=O) groups excluding carboxylic acids is 1. The van der Waals surface area contributed by atoms with Crippen molar-refractivity contribution in [2.45, 2.75) is 31.7 Å². The number of nitrogens with one attached hydrogen (secondary N) is 1. The van der Waals surface area contributed by atoms with Gasteiger partial charge in [-0.2, -0.15) is 4.31 Å². The Balaban J connectivity index is 2.47. The number of piperazine rings is 1. The van der Waals surface area contributed by atoms with Crippen molar-refractivity contribution in [3.63, 3.8) is 0 Å². The Morgan fingerprint density at radius 1 is 1.32 bits per heavy atom. The molecule has 0 radical (unpaired) electrons. The van der Waals surface area contributed by atoms with Gasteiger partial charge in [-0.25, -0.2) is 8.42 Å². The van der Waals surface area contributed by atoms with Crippen LogP contribution in [0.5, 0.6) is 0 Å². The summed E-state index contributed by atoms with van der Waals surface area (Å²) in [6.07, 6.45) is 0. The highest BCUT2D eigenvalue weighted by molar-refractivity contribution is 7.89. The summed E-state index contributed by atoms with van der Waals surface area (Å²) in [5, 5.41) is 2.67. The summed E-state index contributed by atoms with van der Waals surface area (Å²) in [7, 11) is -3.62. The van der Waals surface area contributed by atoms with Crippen molar-refractivity contribution in [1.82, 2.24) is 9.62 Å². The first kappa shape index (κ1) is 14.0. The lowest BCUT2D eigenvalue weighted by molar-refractivity contribution is -0.126. The van der Waals surface area contributed by atoms with Crippen LogP contribution in [-0.4, -0.2) is 37.8 Å². The molecule has 0 saturated carbocycles. The van der Waals surface area contributed by atoms with E-state index in [1.165, 1.54) is 4.31 Å². The number of hydrogen-bond donors (Lipinski definition) is 1. The minimum atomic E-state index is -3.62. The molecular formula is C13H18N2O3S. The van der Waals surface area contributed by atoms with Crippen LogP contribution in [0, 0.1) is 13.8 Å². The summed E-state index contributed by atoms with van der Waals surface area (Å²) >= 11 is 0. The second-order valence-corrected chi connectivity index (χ2v) is 6.71. The topological polar surface area (TPSA) is 66.5 Å². The molecule has 0 bridgehead atoms. The molecular weight excluding hydrogens is 264 g/mol. The molecule has 0 aliphatic carbocycles. The third-order valence-electron chi connectivity index (χ3n) is 3.37. The van der Waals surface area contributed by atoms with Crippen molar-refractivity contribution in [3.8, 4) is 0 Å². The third-order valence-corrected chi connectivity index (χ3v) is 5.49. The van der Waals surface area contributed by atoms with Crippen LogP contribution in [0.25, 0.3) is 0 Å². The van der Waals surface area contributed by atoms with Crippen molar-refractivity contribution in [3.05, 3.63) is 29.3 Å². The fourth-order valence-electron chi connectivity index (χ4n) is 2.20. The maximum atomic E-state index is 12.7. The highest BCUT2D eigenvalue weighted by Gasteiger charge is 2.36. The lowest BCUT2D eigenvalue weighted by Crippen LogP contribution is -2.55. The quantitative estimate of drug-likeness (QED) is 0.873. The van der Waals surface area contributed by atoms with E-state index in [9.17, 15) is 13.2 Å². The molecule has 1 N–H and O–H groups in total. The molecule has 0 spiro atoms. The molecule has 1 atom stereocenters. The third kappa shape index (κ3) is 2.50. The Labute approximate surface area is 113 Å². The fourth-order valence-corrected chi connectivity index (χ4v) is 4.11. The van der Waals surface area contributed by atoms with Crippen LogP contribution < -0.4 is 5.32 Å². The molecule has 1 aromatic carbocycles. The van der Waals surface area contributed by atoms with E-state index in [1.807, 2.05) is 13.0 Å². The fraction of sp³-hybridized carbons (Fsp3) is 0.462. The molecule has 1 heterocycles. The SMILES string of the molecule is Cc1ccc(C)c(S(=O)(=O)N2CCNC(=O)C2C)c1. The van der Waals surface area contributed by atoms with Crippen molar-refractivity contribution in [2.24, 2.45) is 0 Å². The standard InChI is InChI=1S/C13H18N2O3S/c1-9-4-5-10(2)12(8-9)19(17,18)15-7-6-14-13(16)11(15)3/h4-5,8,11H,6-7H2,1-3H3,(H,14,16). The van der Waals surface area contributed by atoms with E-state index in [1.54, 1.807) is 26.0 Å². The predicted octanol–water partition coefficient (Wildman–Crippen LogP) is 0.812. The van der Waals surface area contributed by atoms with E-state index in [0.717, 1.165) is 5.56 Å². The van der Waals surface area contributed by atoms with E-state index in [-0.39, 0.29) is 10.8 Å². The van der Waals surface area contributed by atoms with Crippen LogP contribution in [0.3, 0.4) is 0 Å². The van der Waals surface area contributed by atoms with E-state index in [2.05, 4.69) is 5.32 Å². The van der Waals surface area contributed by atoms with E-state index < -0.39 is 16.1 Å². The lowest BCUT2D eigenvalue weighted by atomic mass is 10.2.